The summed E-state index contributed by atoms with van der Waals surface area (Å²) in [6.07, 6.45) is 1.43. The molecule has 5 heteroatoms. The second kappa shape index (κ2) is 5.25. The lowest BCUT2D eigenvalue weighted by Crippen LogP contribution is -1.98. The number of phenols is 1. The maximum Gasteiger partial charge on any atom is 0.331 e. The second-order valence-corrected chi connectivity index (χ2v) is 3.40. The molecule has 2 N–H and O–H groups in total. The number of hydrogen-bond donors (Lipinski definition) is 2. The third kappa shape index (κ3) is 2.90. The summed E-state index contributed by atoms with van der Waals surface area (Å²) in [5.74, 6) is -0.337. The molecule has 0 saturated heterocycles. The highest BCUT2D eigenvalue weighted by molar-refractivity contribution is 5.92. The van der Waals surface area contributed by atoms with Crippen LogP contribution in [0.1, 0.15) is 12.5 Å². The van der Waals surface area contributed by atoms with Gasteiger partial charge in [-0.1, -0.05) is 0 Å². The fourth-order valence-electron chi connectivity index (χ4n) is 1.35. The Morgan fingerprint density at radius 1 is 1.24 bits per heavy atom. The smallest absolute Gasteiger partial charge is 0.331 e. The zero-order valence-electron chi connectivity index (χ0n) is 9.85. The average molecular weight is 238 g/mol. The first-order valence-electron chi connectivity index (χ1n) is 4.86. The lowest BCUT2D eigenvalue weighted by molar-refractivity contribution is -0.132. The molecule has 5 nitrogen and oxygen atoms in total. The van der Waals surface area contributed by atoms with Crippen molar-refractivity contribution >= 4 is 12.0 Å². The van der Waals surface area contributed by atoms with E-state index >= 15 is 0 Å². The SMILES string of the molecule is COc1cc(O)cc(OC)c1/C=C(\C)C(=O)O. The molecule has 0 aliphatic rings. The van der Waals surface area contributed by atoms with Crippen LogP contribution in [0, 0.1) is 0 Å². The summed E-state index contributed by atoms with van der Waals surface area (Å²) in [7, 11) is 2.86. The lowest BCUT2D eigenvalue weighted by atomic mass is 10.1. The van der Waals surface area contributed by atoms with Crippen molar-refractivity contribution in [1.82, 2.24) is 0 Å². The molecule has 0 bridgehead atoms. The van der Waals surface area contributed by atoms with Crippen LogP contribution >= 0.6 is 0 Å². The molecule has 1 aromatic rings. The van der Waals surface area contributed by atoms with E-state index in [-0.39, 0.29) is 11.3 Å². The molecule has 0 fully saturated rings. The minimum atomic E-state index is -1.03. The largest absolute Gasteiger partial charge is 0.508 e. The Morgan fingerprint density at radius 2 is 1.71 bits per heavy atom. The minimum Gasteiger partial charge on any atom is -0.508 e. The van der Waals surface area contributed by atoms with Crippen molar-refractivity contribution in [3.63, 3.8) is 0 Å². The van der Waals surface area contributed by atoms with Gasteiger partial charge in [0.2, 0.25) is 0 Å². The Morgan fingerprint density at radius 3 is 2.06 bits per heavy atom. The number of benzene rings is 1. The number of aromatic hydroxyl groups is 1. The summed E-state index contributed by atoms with van der Waals surface area (Å²) < 4.78 is 10.1. The van der Waals surface area contributed by atoms with Crippen LogP contribution < -0.4 is 9.47 Å². The van der Waals surface area contributed by atoms with Crippen LogP contribution in [0.5, 0.6) is 17.2 Å². The van der Waals surface area contributed by atoms with Gasteiger partial charge in [-0.05, 0) is 13.0 Å². The van der Waals surface area contributed by atoms with E-state index in [0.29, 0.717) is 17.1 Å². The third-order valence-corrected chi connectivity index (χ3v) is 2.23. The van der Waals surface area contributed by atoms with Gasteiger partial charge in [0, 0.05) is 17.7 Å². The molecule has 1 rings (SSSR count). The molecule has 0 radical (unpaired) electrons. The summed E-state index contributed by atoms with van der Waals surface area (Å²) in [4.78, 5) is 10.8. The molecule has 0 saturated carbocycles. The molecule has 17 heavy (non-hydrogen) atoms. The van der Waals surface area contributed by atoms with Crippen molar-refractivity contribution in [2.75, 3.05) is 14.2 Å². The van der Waals surface area contributed by atoms with Crippen LogP contribution in [-0.4, -0.2) is 30.4 Å². The highest BCUT2D eigenvalue weighted by atomic mass is 16.5. The second-order valence-electron chi connectivity index (χ2n) is 3.40. The number of phenolic OH excluding ortho intramolecular Hbond substituents is 1. The van der Waals surface area contributed by atoms with E-state index in [4.69, 9.17) is 14.6 Å². The van der Waals surface area contributed by atoms with Gasteiger partial charge in [0.1, 0.15) is 17.2 Å². The number of carboxylic acid groups (broad SMARTS) is 1. The van der Waals surface area contributed by atoms with Gasteiger partial charge in [-0.15, -0.1) is 0 Å². The van der Waals surface area contributed by atoms with Crippen LogP contribution in [0.25, 0.3) is 6.08 Å². The Bertz CT molecular complexity index is 437. The van der Waals surface area contributed by atoms with Gasteiger partial charge in [0.05, 0.1) is 19.8 Å². The summed E-state index contributed by atoms with van der Waals surface area (Å²) in [5.41, 5.74) is 0.625. The molecular weight excluding hydrogens is 224 g/mol. The van der Waals surface area contributed by atoms with Crippen molar-refractivity contribution in [2.45, 2.75) is 6.92 Å². The molecule has 92 valence electrons. The fourth-order valence-corrected chi connectivity index (χ4v) is 1.35. The van der Waals surface area contributed by atoms with Crippen molar-refractivity contribution in [1.29, 1.82) is 0 Å². The third-order valence-electron chi connectivity index (χ3n) is 2.23. The molecule has 0 aromatic heterocycles. The normalized spacial score (nSPS) is 11.1. The zero-order valence-corrected chi connectivity index (χ0v) is 9.85. The van der Waals surface area contributed by atoms with Gasteiger partial charge < -0.3 is 19.7 Å². The summed E-state index contributed by atoms with van der Waals surface area (Å²) in [6.45, 7) is 1.47. The standard InChI is InChI=1S/C12H14O5/c1-7(12(14)15)4-9-10(16-2)5-8(13)6-11(9)17-3/h4-6,13H,1-3H3,(H,14,15)/b7-4+. The summed E-state index contributed by atoms with van der Waals surface area (Å²) in [5, 5.41) is 18.3. The molecule has 1 aromatic carbocycles. The topological polar surface area (TPSA) is 76.0 Å². The van der Waals surface area contributed by atoms with E-state index in [2.05, 4.69) is 0 Å². The minimum absolute atomic E-state index is 0.0103. The van der Waals surface area contributed by atoms with Crippen LogP contribution in [0.2, 0.25) is 0 Å². The first-order valence-corrected chi connectivity index (χ1v) is 4.86. The zero-order chi connectivity index (χ0) is 13.0. The maximum absolute atomic E-state index is 10.8. The number of rotatable bonds is 4. The molecule has 0 unspecified atom stereocenters. The number of hydrogen-bond acceptors (Lipinski definition) is 4. The van der Waals surface area contributed by atoms with Crippen LogP contribution in [0.15, 0.2) is 17.7 Å². The number of ether oxygens (including phenoxy) is 2. The predicted octanol–water partition coefficient (Wildman–Crippen LogP) is 1.90. The van der Waals surface area contributed by atoms with Crippen molar-refractivity contribution in [2.24, 2.45) is 0 Å². The van der Waals surface area contributed by atoms with Gasteiger partial charge in [0.25, 0.3) is 0 Å². The predicted molar refractivity (Wildman–Crippen MR) is 62.5 cm³/mol. The van der Waals surface area contributed by atoms with Crippen LogP contribution in [-0.2, 0) is 4.79 Å². The van der Waals surface area contributed by atoms with Gasteiger partial charge in [-0.2, -0.15) is 0 Å². The lowest BCUT2D eigenvalue weighted by Gasteiger charge is -2.11. The Hall–Kier alpha value is -2.17. The number of carboxylic acids is 1. The van der Waals surface area contributed by atoms with Crippen molar-refractivity contribution < 1.29 is 24.5 Å². The first-order chi connectivity index (χ1) is 7.99. The molecule has 0 atom stereocenters. The van der Waals surface area contributed by atoms with Gasteiger partial charge in [-0.3, -0.25) is 0 Å². The highest BCUT2D eigenvalue weighted by Crippen LogP contribution is 2.35. The van der Waals surface area contributed by atoms with Crippen molar-refractivity contribution in [3.8, 4) is 17.2 Å². The average Bonchev–Trinajstić information content (AvgIpc) is 2.30. The monoisotopic (exact) mass is 238 g/mol. The molecule has 0 aliphatic heterocycles. The highest BCUT2D eigenvalue weighted by Gasteiger charge is 2.12. The van der Waals surface area contributed by atoms with Gasteiger partial charge in [0.15, 0.2) is 0 Å². The molecular formula is C12H14O5. The van der Waals surface area contributed by atoms with Gasteiger partial charge in [-0.25, -0.2) is 4.79 Å². The van der Waals surface area contributed by atoms with Gasteiger partial charge >= 0.3 is 5.97 Å². The Kier molecular flexibility index (Phi) is 3.98. The van der Waals surface area contributed by atoms with Crippen molar-refractivity contribution in [3.05, 3.63) is 23.3 Å². The van der Waals surface area contributed by atoms with E-state index in [9.17, 15) is 9.90 Å². The number of carbonyl (C=O) groups is 1. The Labute approximate surface area is 98.9 Å². The molecule has 0 heterocycles. The van der Waals surface area contributed by atoms with E-state index in [1.165, 1.54) is 39.4 Å². The van der Waals surface area contributed by atoms with E-state index in [1.807, 2.05) is 0 Å². The summed E-state index contributed by atoms with van der Waals surface area (Å²) in [6, 6.07) is 2.78. The van der Waals surface area contributed by atoms with E-state index in [0.717, 1.165) is 0 Å². The number of aliphatic carboxylic acids is 1. The molecule has 0 spiro atoms. The molecule has 0 amide bonds. The quantitative estimate of drug-likeness (QED) is 0.783. The Balaban J connectivity index is 3.39. The van der Waals surface area contributed by atoms with E-state index < -0.39 is 5.97 Å². The van der Waals surface area contributed by atoms with E-state index in [1.54, 1.807) is 0 Å². The number of methoxy groups -OCH3 is 2. The fraction of sp³-hybridized carbons (Fsp3) is 0.250. The molecule has 0 aliphatic carbocycles. The maximum atomic E-state index is 10.8. The summed E-state index contributed by atoms with van der Waals surface area (Å²) >= 11 is 0. The van der Waals surface area contributed by atoms with Crippen LogP contribution in [0.4, 0.5) is 0 Å². The first kappa shape index (κ1) is 12.9. The van der Waals surface area contributed by atoms with Crippen LogP contribution in [0.3, 0.4) is 0 Å².